The summed E-state index contributed by atoms with van der Waals surface area (Å²) in [5.41, 5.74) is 2.51. The number of carbonyl (C=O) groups excluding carboxylic acids is 1. The van der Waals surface area contributed by atoms with Crippen LogP contribution in [0.3, 0.4) is 0 Å². The van der Waals surface area contributed by atoms with E-state index in [4.69, 9.17) is 0 Å². The van der Waals surface area contributed by atoms with Gasteiger partial charge in [-0.05, 0) is 48.3 Å². The summed E-state index contributed by atoms with van der Waals surface area (Å²) in [5.74, 6) is 0.877. The van der Waals surface area contributed by atoms with E-state index < -0.39 is 0 Å². The van der Waals surface area contributed by atoms with Crippen LogP contribution in [0.4, 0.5) is 0 Å². The van der Waals surface area contributed by atoms with Gasteiger partial charge >= 0.3 is 0 Å². The Morgan fingerprint density at radius 3 is 2.20 bits per heavy atom. The molecule has 0 N–H and O–H groups in total. The lowest BCUT2D eigenvalue weighted by atomic mass is 9.72. The molecule has 0 unspecified atom stereocenters. The second-order valence-corrected chi connectivity index (χ2v) is 6.65. The van der Waals surface area contributed by atoms with E-state index in [0.717, 1.165) is 37.9 Å². The van der Waals surface area contributed by atoms with E-state index in [1.807, 2.05) is 17.0 Å². The second-order valence-electron chi connectivity index (χ2n) is 6.65. The molecule has 1 amide bonds. The first-order valence-corrected chi connectivity index (χ1v) is 7.84. The number of rotatable bonds is 3. The summed E-state index contributed by atoms with van der Waals surface area (Å²) in [5, 5.41) is 0. The Morgan fingerprint density at radius 1 is 1.20 bits per heavy atom. The largest absolute Gasteiger partial charge is 0.339 e. The zero-order valence-corrected chi connectivity index (χ0v) is 13.3. The van der Waals surface area contributed by atoms with E-state index in [2.05, 4.69) is 39.8 Å². The van der Waals surface area contributed by atoms with Gasteiger partial charge in [-0.15, -0.1) is 0 Å². The third-order valence-corrected chi connectivity index (χ3v) is 5.20. The zero-order chi connectivity index (χ0) is 14.8. The second kappa shape index (κ2) is 5.99. The van der Waals surface area contributed by atoms with Gasteiger partial charge in [0, 0.05) is 18.7 Å². The lowest BCUT2D eigenvalue weighted by molar-refractivity contribution is 0.0508. The molecular formula is C18H27NO. The molecule has 110 valence electrons. The van der Waals surface area contributed by atoms with Crippen molar-refractivity contribution in [3.63, 3.8) is 0 Å². The summed E-state index contributed by atoms with van der Waals surface area (Å²) < 4.78 is 0. The molecule has 0 aromatic heterocycles. The van der Waals surface area contributed by atoms with Crippen LogP contribution in [0.1, 0.15) is 56.5 Å². The molecule has 2 heteroatoms. The van der Waals surface area contributed by atoms with Crippen LogP contribution in [0.2, 0.25) is 0 Å². The van der Waals surface area contributed by atoms with Crippen LogP contribution in [0.15, 0.2) is 24.3 Å². The van der Waals surface area contributed by atoms with Gasteiger partial charge in [0.2, 0.25) is 0 Å². The van der Waals surface area contributed by atoms with Crippen molar-refractivity contribution in [1.29, 1.82) is 0 Å². The standard InChI is InChI=1S/C18H27NO/c1-5-15-6-8-16(9-7-15)17(20)19-12-10-18(4,11-13-19)14(2)3/h6-9,14H,5,10-13H2,1-4H3. The van der Waals surface area contributed by atoms with E-state index in [0.29, 0.717) is 11.3 Å². The lowest BCUT2D eigenvalue weighted by Gasteiger charge is -2.42. The van der Waals surface area contributed by atoms with E-state index in [1.54, 1.807) is 0 Å². The molecular weight excluding hydrogens is 246 g/mol. The van der Waals surface area contributed by atoms with Gasteiger partial charge in [-0.25, -0.2) is 0 Å². The van der Waals surface area contributed by atoms with Gasteiger partial charge in [-0.2, -0.15) is 0 Å². The highest BCUT2D eigenvalue weighted by atomic mass is 16.2. The minimum Gasteiger partial charge on any atom is -0.339 e. The zero-order valence-electron chi connectivity index (χ0n) is 13.3. The third-order valence-electron chi connectivity index (χ3n) is 5.20. The molecule has 1 aromatic carbocycles. The maximum Gasteiger partial charge on any atom is 0.253 e. The van der Waals surface area contributed by atoms with Gasteiger partial charge < -0.3 is 4.90 Å². The molecule has 0 aliphatic carbocycles. The molecule has 0 spiro atoms. The lowest BCUT2D eigenvalue weighted by Crippen LogP contribution is -2.43. The average Bonchev–Trinajstić information content (AvgIpc) is 2.47. The first-order valence-electron chi connectivity index (χ1n) is 7.84. The van der Waals surface area contributed by atoms with Crippen molar-refractivity contribution >= 4 is 5.91 Å². The molecule has 1 aromatic rings. The number of amides is 1. The van der Waals surface area contributed by atoms with Gasteiger partial charge in [0.1, 0.15) is 0 Å². The van der Waals surface area contributed by atoms with Gasteiger partial charge in [0.25, 0.3) is 5.91 Å². The Morgan fingerprint density at radius 2 is 1.75 bits per heavy atom. The molecule has 1 saturated heterocycles. The molecule has 1 heterocycles. The predicted octanol–water partition coefficient (Wildman–Crippen LogP) is 4.15. The van der Waals surface area contributed by atoms with Crippen molar-refractivity contribution in [2.45, 2.75) is 47.0 Å². The number of nitrogens with zero attached hydrogens (tertiary/aromatic N) is 1. The van der Waals surface area contributed by atoms with Gasteiger partial charge in [-0.3, -0.25) is 4.79 Å². The van der Waals surface area contributed by atoms with Crippen LogP contribution in [-0.4, -0.2) is 23.9 Å². The monoisotopic (exact) mass is 273 g/mol. The summed E-state index contributed by atoms with van der Waals surface area (Å²) >= 11 is 0. The van der Waals surface area contributed by atoms with Crippen LogP contribution < -0.4 is 0 Å². The first kappa shape index (κ1) is 15.1. The minimum absolute atomic E-state index is 0.193. The van der Waals surface area contributed by atoms with E-state index in [1.165, 1.54) is 5.56 Å². The topological polar surface area (TPSA) is 20.3 Å². The smallest absolute Gasteiger partial charge is 0.253 e. The third kappa shape index (κ3) is 3.05. The molecule has 1 fully saturated rings. The van der Waals surface area contributed by atoms with E-state index in [-0.39, 0.29) is 5.91 Å². The molecule has 0 bridgehead atoms. The highest BCUT2D eigenvalue weighted by Gasteiger charge is 2.34. The maximum atomic E-state index is 12.5. The van der Waals surface area contributed by atoms with Crippen molar-refractivity contribution in [3.05, 3.63) is 35.4 Å². The van der Waals surface area contributed by atoms with Crippen molar-refractivity contribution in [3.8, 4) is 0 Å². The number of carbonyl (C=O) groups is 1. The predicted molar refractivity (Wildman–Crippen MR) is 83.9 cm³/mol. The molecule has 0 saturated carbocycles. The Kier molecular flexibility index (Phi) is 4.52. The van der Waals surface area contributed by atoms with Crippen LogP contribution in [0.25, 0.3) is 0 Å². The fraction of sp³-hybridized carbons (Fsp3) is 0.611. The number of aryl methyl sites for hydroxylation is 1. The highest BCUT2D eigenvalue weighted by molar-refractivity contribution is 5.94. The molecule has 1 aliphatic heterocycles. The summed E-state index contributed by atoms with van der Waals surface area (Å²) in [6, 6.07) is 8.07. The van der Waals surface area contributed by atoms with Gasteiger partial charge in [-0.1, -0.05) is 39.8 Å². The van der Waals surface area contributed by atoms with Crippen LogP contribution in [0.5, 0.6) is 0 Å². The minimum atomic E-state index is 0.193. The summed E-state index contributed by atoms with van der Waals surface area (Å²) in [7, 11) is 0. The molecule has 20 heavy (non-hydrogen) atoms. The van der Waals surface area contributed by atoms with Crippen LogP contribution in [0, 0.1) is 11.3 Å². The highest BCUT2D eigenvalue weighted by Crippen LogP contribution is 2.38. The molecule has 2 nitrogen and oxygen atoms in total. The van der Waals surface area contributed by atoms with Crippen molar-refractivity contribution in [2.24, 2.45) is 11.3 Å². The number of likely N-dealkylation sites (tertiary alicyclic amines) is 1. The number of hydrogen-bond acceptors (Lipinski definition) is 1. The normalized spacial score (nSPS) is 18.4. The quantitative estimate of drug-likeness (QED) is 0.810. The molecule has 0 radical (unpaired) electrons. The van der Waals surface area contributed by atoms with Crippen molar-refractivity contribution in [2.75, 3.05) is 13.1 Å². The molecule has 1 aliphatic rings. The maximum absolute atomic E-state index is 12.5. The summed E-state index contributed by atoms with van der Waals surface area (Å²) in [4.78, 5) is 14.5. The van der Waals surface area contributed by atoms with Crippen molar-refractivity contribution in [1.82, 2.24) is 4.90 Å². The SMILES string of the molecule is CCc1ccc(C(=O)N2CCC(C)(C(C)C)CC2)cc1. The number of benzene rings is 1. The number of piperidine rings is 1. The average molecular weight is 273 g/mol. The summed E-state index contributed by atoms with van der Waals surface area (Å²) in [6.07, 6.45) is 3.25. The van der Waals surface area contributed by atoms with Crippen LogP contribution in [-0.2, 0) is 6.42 Å². The summed E-state index contributed by atoms with van der Waals surface area (Å²) in [6.45, 7) is 10.9. The van der Waals surface area contributed by atoms with Gasteiger partial charge in [0.15, 0.2) is 0 Å². The molecule has 0 atom stereocenters. The van der Waals surface area contributed by atoms with Crippen LogP contribution >= 0.6 is 0 Å². The fourth-order valence-corrected chi connectivity index (χ4v) is 2.86. The van der Waals surface area contributed by atoms with E-state index >= 15 is 0 Å². The first-order chi connectivity index (χ1) is 9.46. The van der Waals surface area contributed by atoms with E-state index in [9.17, 15) is 4.79 Å². The Bertz CT molecular complexity index is 453. The van der Waals surface area contributed by atoms with Crippen molar-refractivity contribution < 1.29 is 4.79 Å². The Hall–Kier alpha value is -1.31. The Balaban J connectivity index is 2.01. The number of hydrogen-bond donors (Lipinski definition) is 0. The molecule has 2 rings (SSSR count). The fourth-order valence-electron chi connectivity index (χ4n) is 2.86. The van der Waals surface area contributed by atoms with Gasteiger partial charge in [0.05, 0.1) is 0 Å². The Labute approximate surface area is 123 Å².